The number of ether oxygens (including phenoxy) is 1. The van der Waals surface area contributed by atoms with E-state index in [1.807, 2.05) is 13.3 Å². The van der Waals surface area contributed by atoms with Gasteiger partial charge in [0.15, 0.2) is 18.4 Å². The summed E-state index contributed by atoms with van der Waals surface area (Å²) in [4.78, 5) is 12.4. The topological polar surface area (TPSA) is 68.8 Å². The van der Waals surface area contributed by atoms with Crippen molar-refractivity contribution in [3.63, 3.8) is 0 Å². The van der Waals surface area contributed by atoms with E-state index in [0.717, 1.165) is 22.3 Å². The number of nitrogens with one attached hydrogen (secondary N) is 2. The fourth-order valence-corrected chi connectivity index (χ4v) is 2.17. The molecule has 0 aromatic heterocycles. The molecular weight excluding hydrogens is 202 g/mol. The molecule has 5 nitrogen and oxygen atoms in total. The van der Waals surface area contributed by atoms with Gasteiger partial charge >= 0.3 is 5.97 Å². The molecule has 0 amide bonds. The van der Waals surface area contributed by atoms with Crippen LogP contribution in [0.4, 0.5) is 0 Å². The molecule has 2 atom stereocenters. The molecule has 1 rings (SSSR count). The fourth-order valence-electron chi connectivity index (χ4n) is 1.43. The van der Waals surface area contributed by atoms with Crippen LogP contribution in [0.25, 0.3) is 0 Å². The predicted molar refractivity (Wildman–Crippen MR) is 55.4 cm³/mol. The number of nitrogens with two attached hydrogens (primary N) is 1. The second-order valence-corrected chi connectivity index (χ2v) is 3.90. The average Bonchev–Trinajstić information content (AvgIpc) is 2.57. The average molecular weight is 218 g/mol. The molecule has 0 aliphatic carbocycles. The molecule has 14 heavy (non-hydrogen) atoms. The van der Waals surface area contributed by atoms with Crippen LogP contribution in [0.3, 0.4) is 0 Å². The number of thioether (sulfide) groups is 1. The highest BCUT2D eigenvalue weighted by molar-refractivity contribution is 8.02. The molecule has 0 aromatic rings. The van der Waals surface area contributed by atoms with Gasteiger partial charge in [0.2, 0.25) is 0 Å². The Hall–Kier alpha value is -0.720. The maximum atomic E-state index is 11.3. The Bertz CT molecular complexity index is 267. The Morgan fingerprint density at radius 3 is 2.93 bits per heavy atom. The summed E-state index contributed by atoms with van der Waals surface area (Å²) in [5.74, 6) is -0.394. The van der Waals surface area contributed by atoms with Crippen LogP contribution in [0, 0.1) is 0 Å². The van der Waals surface area contributed by atoms with Crippen LogP contribution < -0.4 is 16.0 Å². The quantitative estimate of drug-likeness (QED) is 0.483. The lowest BCUT2D eigenvalue weighted by atomic mass is 10.2. The molecule has 0 saturated carbocycles. The summed E-state index contributed by atoms with van der Waals surface area (Å²) in [6, 6.07) is -0.669. The molecule has 0 bridgehead atoms. The Morgan fingerprint density at radius 2 is 2.43 bits per heavy atom. The summed E-state index contributed by atoms with van der Waals surface area (Å²) in [5.41, 5.74) is 6.66. The van der Waals surface area contributed by atoms with Crippen molar-refractivity contribution in [3.8, 4) is 0 Å². The molecule has 0 spiro atoms. The molecular formula is C8H16N3O2S+. The van der Waals surface area contributed by atoms with Crippen LogP contribution >= 0.6 is 11.8 Å². The van der Waals surface area contributed by atoms with Gasteiger partial charge in [-0.25, -0.2) is 4.79 Å². The molecule has 80 valence electrons. The van der Waals surface area contributed by atoms with Gasteiger partial charge in [0.05, 0.1) is 14.2 Å². The van der Waals surface area contributed by atoms with Gasteiger partial charge in [-0.2, -0.15) is 0 Å². The highest BCUT2D eigenvalue weighted by Gasteiger charge is 2.33. The van der Waals surface area contributed by atoms with Crippen molar-refractivity contribution in [2.24, 2.45) is 5.73 Å². The van der Waals surface area contributed by atoms with Gasteiger partial charge in [0, 0.05) is 0 Å². The first-order valence-corrected chi connectivity index (χ1v) is 5.52. The normalized spacial score (nSPS) is 23.3. The highest BCUT2D eigenvalue weighted by Crippen LogP contribution is 2.14. The van der Waals surface area contributed by atoms with E-state index in [2.05, 4.69) is 10.1 Å². The Balaban J connectivity index is 2.87. The van der Waals surface area contributed by atoms with E-state index in [9.17, 15) is 4.79 Å². The van der Waals surface area contributed by atoms with Crippen molar-refractivity contribution < 1.29 is 14.4 Å². The minimum atomic E-state index is -0.669. The summed E-state index contributed by atoms with van der Waals surface area (Å²) in [6.07, 6.45) is 1.95. The molecule has 0 aromatic carbocycles. The van der Waals surface area contributed by atoms with Gasteiger partial charge in [-0.15, -0.1) is 11.8 Å². The summed E-state index contributed by atoms with van der Waals surface area (Å²) < 4.78 is 4.62. The van der Waals surface area contributed by atoms with E-state index in [1.165, 1.54) is 7.11 Å². The van der Waals surface area contributed by atoms with E-state index in [-0.39, 0.29) is 0 Å². The maximum Gasteiger partial charge on any atom is 0.333 e. The number of carbonyl (C=O) groups is 1. The van der Waals surface area contributed by atoms with Crippen molar-refractivity contribution in [3.05, 3.63) is 10.7 Å². The molecule has 0 radical (unpaired) electrons. The van der Waals surface area contributed by atoms with Gasteiger partial charge in [0.25, 0.3) is 0 Å². The first kappa shape index (κ1) is 11.4. The number of methoxy groups -OCH3 is 1. The summed E-state index contributed by atoms with van der Waals surface area (Å²) in [5, 5.41) is 4.16. The number of carbonyl (C=O) groups excluding carboxylic acids is 1. The third-order valence-corrected chi connectivity index (χ3v) is 2.96. The molecule has 1 heterocycles. The van der Waals surface area contributed by atoms with Crippen LogP contribution in [-0.4, -0.2) is 39.1 Å². The number of rotatable bonds is 3. The number of likely N-dealkylation sites (N-methyl/N-ethyl adjacent to an activating group) is 1. The van der Waals surface area contributed by atoms with Crippen molar-refractivity contribution in [2.75, 3.05) is 27.1 Å². The first-order chi connectivity index (χ1) is 6.61. The van der Waals surface area contributed by atoms with Gasteiger partial charge in [-0.05, 0) is 6.26 Å². The maximum absolute atomic E-state index is 11.3. The SMILES string of the molecule is COC(=O)C(N)C1=C(SC)NC[NH+]1C. The van der Waals surface area contributed by atoms with E-state index in [4.69, 9.17) is 5.73 Å². The summed E-state index contributed by atoms with van der Waals surface area (Å²) >= 11 is 1.56. The van der Waals surface area contributed by atoms with Gasteiger partial charge in [-0.3, -0.25) is 4.90 Å². The fraction of sp³-hybridized carbons (Fsp3) is 0.625. The van der Waals surface area contributed by atoms with E-state index in [1.54, 1.807) is 11.8 Å². The highest BCUT2D eigenvalue weighted by atomic mass is 32.2. The monoisotopic (exact) mass is 218 g/mol. The number of hydrogen-bond donors (Lipinski definition) is 3. The van der Waals surface area contributed by atoms with Gasteiger partial charge < -0.3 is 15.8 Å². The number of hydrogen-bond acceptors (Lipinski definition) is 5. The van der Waals surface area contributed by atoms with Gasteiger partial charge in [0.1, 0.15) is 5.03 Å². The largest absolute Gasteiger partial charge is 0.467 e. The summed E-state index contributed by atoms with van der Waals surface area (Å²) in [7, 11) is 3.31. The smallest absolute Gasteiger partial charge is 0.333 e. The van der Waals surface area contributed by atoms with Crippen molar-refractivity contribution in [1.82, 2.24) is 5.32 Å². The summed E-state index contributed by atoms with van der Waals surface area (Å²) in [6.45, 7) is 0.760. The number of quaternary nitrogens is 1. The zero-order valence-corrected chi connectivity index (χ0v) is 9.40. The van der Waals surface area contributed by atoms with E-state index in [0.29, 0.717) is 0 Å². The first-order valence-electron chi connectivity index (χ1n) is 4.30. The van der Waals surface area contributed by atoms with Crippen LogP contribution in [0.15, 0.2) is 10.7 Å². The molecule has 0 fully saturated rings. The lowest BCUT2D eigenvalue weighted by molar-refractivity contribution is -0.835. The third kappa shape index (κ3) is 2.02. The minimum absolute atomic E-state index is 0.394. The molecule has 4 N–H and O–H groups in total. The number of esters is 1. The van der Waals surface area contributed by atoms with Crippen LogP contribution in [0.1, 0.15) is 0 Å². The Morgan fingerprint density at radius 1 is 1.79 bits per heavy atom. The zero-order valence-electron chi connectivity index (χ0n) is 8.59. The Kier molecular flexibility index (Phi) is 3.79. The van der Waals surface area contributed by atoms with Crippen molar-refractivity contribution in [1.29, 1.82) is 0 Å². The molecule has 2 unspecified atom stereocenters. The standard InChI is InChI=1S/C8H15N3O2S/c1-11-4-10-7(14-3)6(11)5(9)8(12)13-2/h5,10H,4,9H2,1-3H3/p+1. The molecule has 0 saturated heterocycles. The van der Waals surface area contributed by atoms with Crippen molar-refractivity contribution >= 4 is 17.7 Å². The molecule has 1 aliphatic heterocycles. The zero-order chi connectivity index (χ0) is 10.7. The predicted octanol–water partition coefficient (Wildman–Crippen LogP) is -1.91. The molecule has 1 aliphatic rings. The van der Waals surface area contributed by atoms with Gasteiger partial charge in [-0.1, -0.05) is 0 Å². The van der Waals surface area contributed by atoms with Crippen LogP contribution in [0.5, 0.6) is 0 Å². The molecule has 6 heteroatoms. The third-order valence-electron chi connectivity index (χ3n) is 2.19. The van der Waals surface area contributed by atoms with E-state index >= 15 is 0 Å². The van der Waals surface area contributed by atoms with E-state index < -0.39 is 12.0 Å². The second-order valence-electron chi connectivity index (χ2n) is 3.08. The minimum Gasteiger partial charge on any atom is -0.467 e. The van der Waals surface area contributed by atoms with Crippen LogP contribution in [-0.2, 0) is 9.53 Å². The lowest BCUT2D eigenvalue weighted by Gasteiger charge is -2.14. The van der Waals surface area contributed by atoms with Crippen LogP contribution in [0.2, 0.25) is 0 Å². The second kappa shape index (κ2) is 4.68. The Labute approximate surface area is 87.6 Å². The lowest BCUT2D eigenvalue weighted by Crippen LogP contribution is -3.08. The van der Waals surface area contributed by atoms with Crippen molar-refractivity contribution in [2.45, 2.75) is 6.04 Å².